The van der Waals surface area contributed by atoms with Crippen molar-refractivity contribution < 1.29 is 13.2 Å². The molecule has 92 valence electrons. The SMILES string of the molecule is Cc1cccc(NC(=O)[C@@H]2CCS(=O)(=O)C2)c1. The Hall–Kier alpha value is -1.36. The number of carbonyl (C=O) groups is 1. The second kappa shape index (κ2) is 4.49. The Balaban J connectivity index is 2.03. The van der Waals surface area contributed by atoms with Gasteiger partial charge in [-0.1, -0.05) is 12.1 Å². The predicted molar refractivity (Wildman–Crippen MR) is 66.6 cm³/mol. The van der Waals surface area contributed by atoms with Crippen LogP contribution in [0.1, 0.15) is 12.0 Å². The van der Waals surface area contributed by atoms with E-state index in [1.165, 1.54) is 0 Å². The third kappa shape index (κ3) is 3.06. The van der Waals surface area contributed by atoms with Gasteiger partial charge in [0, 0.05) is 5.69 Å². The molecule has 1 heterocycles. The fraction of sp³-hybridized carbons (Fsp3) is 0.417. The van der Waals surface area contributed by atoms with Crippen molar-refractivity contribution in [2.75, 3.05) is 16.8 Å². The van der Waals surface area contributed by atoms with Gasteiger partial charge in [0.05, 0.1) is 17.4 Å². The molecular formula is C12H15NO3S. The van der Waals surface area contributed by atoms with Gasteiger partial charge in [-0.05, 0) is 31.0 Å². The van der Waals surface area contributed by atoms with Gasteiger partial charge < -0.3 is 5.32 Å². The summed E-state index contributed by atoms with van der Waals surface area (Å²) in [5, 5.41) is 2.76. The molecule has 5 heteroatoms. The molecule has 1 aromatic carbocycles. The molecule has 1 amide bonds. The molecule has 0 unspecified atom stereocenters. The van der Waals surface area contributed by atoms with E-state index < -0.39 is 15.8 Å². The average Bonchev–Trinajstić information content (AvgIpc) is 2.59. The van der Waals surface area contributed by atoms with E-state index in [4.69, 9.17) is 0 Å². The maximum atomic E-state index is 11.8. The van der Waals surface area contributed by atoms with Crippen LogP contribution in [-0.4, -0.2) is 25.8 Å². The van der Waals surface area contributed by atoms with Gasteiger partial charge in [0.25, 0.3) is 0 Å². The summed E-state index contributed by atoms with van der Waals surface area (Å²) >= 11 is 0. The van der Waals surface area contributed by atoms with Gasteiger partial charge in [-0.2, -0.15) is 0 Å². The van der Waals surface area contributed by atoms with Crippen LogP contribution in [0.2, 0.25) is 0 Å². The molecule has 0 radical (unpaired) electrons. The minimum atomic E-state index is -3.00. The number of anilines is 1. The summed E-state index contributed by atoms with van der Waals surface area (Å²) in [6, 6.07) is 7.46. The van der Waals surface area contributed by atoms with Crippen LogP contribution in [-0.2, 0) is 14.6 Å². The second-order valence-electron chi connectivity index (χ2n) is 4.46. The number of hydrogen-bond acceptors (Lipinski definition) is 3. The Kier molecular flexibility index (Phi) is 3.19. The van der Waals surface area contributed by atoms with Gasteiger partial charge in [0.2, 0.25) is 5.91 Å². The van der Waals surface area contributed by atoms with Gasteiger partial charge in [0.15, 0.2) is 9.84 Å². The summed E-state index contributed by atoms with van der Waals surface area (Å²) in [7, 11) is -3.00. The first kappa shape index (κ1) is 12.1. The summed E-state index contributed by atoms with van der Waals surface area (Å²) in [4.78, 5) is 11.8. The lowest BCUT2D eigenvalue weighted by molar-refractivity contribution is -0.119. The standard InChI is InChI=1S/C12H15NO3S/c1-9-3-2-4-11(7-9)13-12(14)10-5-6-17(15,16)8-10/h2-4,7,10H,5-6,8H2,1H3,(H,13,14)/t10-/m1/s1. The minimum Gasteiger partial charge on any atom is -0.326 e. The number of aryl methyl sites for hydroxylation is 1. The molecule has 17 heavy (non-hydrogen) atoms. The molecule has 0 aromatic heterocycles. The number of sulfone groups is 1. The quantitative estimate of drug-likeness (QED) is 0.865. The van der Waals surface area contributed by atoms with Crippen LogP contribution in [0, 0.1) is 12.8 Å². The zero-order valence-electron chi connectivity index (χ0n) is 9.64. The maximum Gasteiger partial charge on any atom is 0.228 e. The van der Waals surface area contributed by atoms with E-state index in [1.54, 1.807) is 6.07 Å². The van der Waals surface area contributed by atoms with Crippen LogP contribution in [0.15, 0.2) is 24.3 Å². The molecule has 1 aliphatic heterocycles. The molecule has 0 saturated carbocycles. The second-order valence-corrected chi connectivity index (χ2v) is 6.69. The molecule has 1 atom stereocenters. The maximum absolute atomic E-state index is 11.8. The van der Waals surface area contributed by atoms with Gasteiger partial charge >= 0.3 is 0 Å². The minimum absolute atomic E-state index is 0.0232. The summed E-state index contributed by atoms with van der Waals surface area (Å²) in [5.74, 6) is -0.499. The van der Waals surface area contributed by atoms with Gasteiger partial charge in [-0.25, -0.2) is 8.42 Å². The molecule has 0 aliphatic carbocycles. The van der Waals surface area contributed by atoms with Crippen molar-refractivity contribution in [2.45, 2.75) is 13.3 Å². The fourth-order valence-corrected chi connectivity index (χ4v) is 3.71. The van der Waals surface area contributed by atoms with Crippen LogP contribution in [0.5, 0.6) is 0 Å². The zero-order valence-corrected chi connectivity index (χ0v) is 10.5. The number of nitrogens with one attached hydrogen (secondary N) is 1. The molecule has 1 fully saturated rings. The molecule has 1 N–H and O–H groups in total. The van der Waals surface area contributed by atoms with E-state index in [-0.39, 0.29) is 17.4 Å². The number of amides is 1. The highest BCUT2D eigenvalue weighted by Crippen LogP contribution is 2.20. The molecule has 4 nitrogen and oxygen atoms in total. The Morgan fingerprint density at radius 2 is 2.18 bits per heavy atom. The highest BCUT2D eigenvalue weighted by Gasteiger charge is 2.32. The summed E-state index contributed by atoms with van der Waals surface area (Å²) in [6.07, 6.45) is 0.431. The highest BCUT2D eigenvalue weighted by atomic mass is 32.2. The average molecular weight is 253 g/mol. The van der Waals surface area contributed by atoms with E-state index in [2.05, 4.69) is 5.32 Å². The van der Waals surface area contributed by atoms with Gasteiger partial charge in [-0.3, -0.25) is 4.79 Å². The van der Waals surface area contributed by atoms with E-state index in [9.17, 15) is 13.2 Å². The number of hydrogen-bond donors (Lipinski definition) is 1. The van der Waals surface area contributed by atoms with Gasteiger partial charge in [-0.15, -0.1) is 0 Å². The third-order valence-electron chi connectivity index (χ3n) is 2.89. The van der Waals surface area contributed by atoms with Crippen molar-refractivity contribution in [3.8, 4) is 0 Å². The van der Waals surface area contributed by atoms with Gasteiger partial charge in [0.1, 0.15) is 0 Å². The lowest BCUT2D eigenvalue weighted by atomic mass is 10.1. The van der Waals surface area contributed by atoms with Crippen molar-refractivity contribution in [1.29, 1.82) is 0 Å². The van der Waals surface area contributed by atoms with Crippen molar-refractivity contribution >= 4 is 21.4 Å². The zero-order chi connectivity index (χ0) is 12.5. The molecule has 1 saturated heterocycles. The number of carbonyl (C=O) groups excluding carboxylic acids is 1. The van der Waals surface area contributed by atoms with Crippen LogP contribution >= 0.6 is 0 Å². The normalized spacial score (nSPS) is 22.3. The van der Waals surface area contributed by atoms with Crippen LogP contribution in [0.4, 0.5) is 5.69 Å². The molecule has 1 aliphatic rings. The highest BCUT2D eigenvalue weighted by molar-refractivity contribution is 7.91. The summed E-state index contributed by atoms with van der Waals surface area (Å²) < 4.78 is 22.5. The molecule has 1 aromatic rings. The summed E-state index contributed by atoms with van der Waals surface area (Å²) in [5.41, 5.74) is 1.78. The summed E-state index contributed by atoms with van der Waals surface area (Å²) in [6.45, 7) is 1.94. The lowest BCUT2D eigenvalue weighted by Crippen LogP contribution is -2.23. The number of rotatable bonds is 2. The smallest absolute Gasteiger partial charge is 0.228 e. The molecule has 2 rings (SSSR count). The largest absolute Gasteiger partial charge is 0.326 e. The predicted octanol–water partition coefficient (Wildman–Crippen LogP) is 1.37. The monoisotopic (exact) mass is 253 g/mol. The first-order valence-corrected chi connectivity index (χ1v) is 7.36. The lowest BCUT2D eigenvalue weighted by Gasteiger charge is -2.09. The topological polar surface area (TPSA) is 63.2 Å². The Morgan fingerprint density at radius 1 is 1.41 bits per heavy atom. The Labute approximate surface area is 101 Å². The molecular weight excluding hydrogens is 238 g/mol. The van der Waals surface area contributed by atoms with E-state index in [1.807, 2.05) is 25.1 Å². The van der Waals surface area contributed by atoms with Crippen LogP contribution < -0.4 is 5.32 Å². The van der Waals surface area contributed by atoms with E-state index in [0.717, 1.165) is 11.3 Å². The van der Waals surface area contributed by atoms with Crippen molar-refractivity contribution in [1.82, 2.24) is 0 Å². The van der Waals surface area contributed by atoms with E-state index >= 15 is 0 Å². The van der Waals surface area contributed by atoms with Crippen LogP contribution in [0.25, 0.3) is 0 Å². The Bertz CT molecular complexity index is 536. The molecule has 0 bridgehead atoms. The number of benzene rings is 1. The van der Waals surface area contributed by atoms with Crippen molar-refractivity contribution in [3.63, 3.8) is 0 Å². The molecule has 0 spiro atoms. The van der Waals surface area contributed by atoms with Crippen molar-refractivity contribution in [2.24, 2.45) is 5.92 Å². The first-order valence-electron chi connectivity index (χ1n) is 5.54. The van der Waals surface area contributed by atoms with Crippen molar-refractivity contribution in [3.05, 3.63) is 29.8 Å². The fourth-order valence-electron chi connectivity index (χ4n) is 1.97. The van der Waals surface area contributed by atoms with Crippen LogP contribution in [0.3, 0.4) is 0 Å². The Morgan fingerprint density at radius 3 is 2.76 bits per heavy atom. The van der Waals surface area contributed by atoms with E-state index in [0.29, 0.717) is 6.42 Å². The third-order valence-corrected chi connectivity index (χ3v) is 4.66. The first-order chi connectivity index (χ1) is 7.96.